The van der Waals surface area contributed by atoms with Crippen LogP contribution in [0, 0.1) is 0 Å². The zero-order valence-electron chi connectivity index (χ0n) is 8.32. The van der Waals surface area contributed by atoms with Crippen molar-refractivity contribution in [3.8, 4) is 0 Å². The molecule has 0 radical (unpaired) electrons. The second-order valence-electron chi connectivity index (χ2n) is 3.19. The first kappa shape index (κ1) is 11.2. The van der Waals surface area contributed by atoms with Gasteiger partial charge in [0.25, 0.3) is 0 Å². The van der Waals surface area contributed by atoms with Crippen molar-refractivity contribution < 1.29 is 4.79 Å². The Bertz CT molecular complexity index is 272. The van der Waals surface area contributed by atoms with Gasteiger partial charge in [0.15, 0.2) is 0 Å². The third-order valence-corrected chi connectivity index (χ3v) is 2.80. The van der Waals surface area contributed by atoms with E-state index in [-0.39, 0.29) is 11.9 Å². The van der Waals surface area contributed by atoms with Gasteiger partial charge in [-0.3, -0.25) is 4.79 Å². The second-order valence-corrected chi connectivity index (χ2v) is 3.97. The Morgan fingerprint density at radius 3 is 3.07 bits per heavy atom. The summed E-state index contributed by atoms with van der Waals surface area (Å²) in [7, 11) is 0. The van der Waals surface area contributed by atoms with E-state index < -0.39 is 0 Å². The molecule has 0 spiro atoms. The van der Waals surface area contributed by atoms with Gasteiger partial charge in [0.1, 0.15) is 0 Å². The van der Waals surface area contributed by atoms with Crippen molar-refractivity contribution in [3.63, 3.8) is 0 Å². The molecule has 0 bridgehead atoms. The molecule has 1 aromatic heterocycles. The molecule has 14 heavy (non-hydrogen) atoms. The number of amides is 1. The van der Waals surface area contributed by atoms with Crippen LogP contribution in [0.15, 0.2) is 16.8 Å². The molecule has 0 aliphatic heterocycles. The van der Waals surface area contributed by atoms with Gasteiger partial charge in [-0.1, -0.05) is 6.92 Å². The normalized spacial score (nSPS) is 12.4. The van der Waals surface area contributed by atoms with Crippen LogP contribution in [0.2, 0.25) is 0 Å². The molecule has 1 heterocycles. The summed E-state index contributed by atoms with van der Waals surface area (Å²) in [6.45, 7) is 2.58. The molecule has 0 saturated heterocycles. The first-order valence-electron chi connectivity index (χ1n) is 4.78. The predicted octanol–water partition coefficient (Wildman–Crippen LogP) is 1.14. The van der Waals surface area contributed by atoms with E-state index in [1.165, 1.54) is 5.56 Å². The molecule has 1 atom stereocenters. The zero-order chi connectivity index (χ0) is 10.4. The van der Waals surface area contributed by atoms with Crippen LogP contribution in [-0.4, -0.2) is 18.5 Å². The highest BCUT2D eigenvalue weighted by Gasteiger charge is 2.09. The van der Waals surface area contributed by atoms with Crippen molar-refractivity contribution in [2.75, 3.05) is 6.54 Å². The summed E-state index contributed by atoms with van der Waals surface area (Å²) in [6, 6.07) is 1.70. The Hall–Kier alpha value is -0.870. The maximum atomic E-state index is 11.3. The first-order valence-corrected chi connectivity index (χ1v) is 5.72. The third kappa shape index (κ3) is 3.47. The lowest BCUT2D eigenvalue weighted by molar-refractivity contribution is -0.122. The lowest BCUT2D eigenvalue weighted by Gasteiger charge is -2.09. The number of rotatable bonds is 5. The molecule has 3 N–H and O–H groups in total. The van der Waals surface area contributed by atoms with Gasteiger partial charge >= 0.3 is 0 Å². The van der Waals surface area contributed by atoms with Crippen molar-refractivity contribution in [1.29, 1.82) is 0 Å². The molecule has 0 unspecified atom stereocenters. The highest BCUT2D eigenvalue weighted by atomic mass is 32.1. The quantitative estimate of drug-likeness (QED) is 0.769. The van der Waals surface area contributed by atoms with Crippen molar-refractivity contribution in [2.24, 2.45) is 5.73 Å². The van der Waals surface area contributed by atoms with Crippen LogP contribution in [0.3, 0.4) is 0 Å². The Morgan fingerprint density at radius 1 is 1.71 bits per heavy atom. The van der Waals surface area contributed by atoms with Crippen molar-refractivity contribution >= 4 is 17.2 Å². The predicted molar refractivity (Wildman–Crippen MR) is 59.3 cm³/mol. The van der Waals surface area contributed by atoms with Gasteiger partial charge in [0.05, 0.1) is 6.04 Å². The van der Waals surface area contributed by atoms with Gasteiger partial charge in [0, 0.05) is 6.54 Å². The SMILES string of the molecule is CC[C@@H](N)C(=O)NCCc1ccsc1. The number of thiophene rings is 1. The average molecular weight is 212 g/mol. The lowest BCUT2D eigenvalue weighted by atomic mass is 10.2. The number of hydrogen-bond donors (Lipinski definition) is 2. The van der Waals surface area contributed by atoms with Gasteiger partial charge in [0.2, 0.25) is 5.91 Å². The maximum Gasteiger partial charge on any atom is 0.236 e. The van der Waals surface area contributed by atoms with Gasteiger partial charge in [-0.15, -0.1) is 0 Å². The van der Waals surface area contributed by atoms with Crippen LogP contribution >= 0.6 is 11.3 Å². The van der Waals surface area contributed by atoms with E-state index in [2.05, 4.69) is 16.8 Å². The highest BCUT2D eigenvalue weighted by Crippen LogP contribution is 2.05. The molecule has 4 heteroatoms. The van der Waals surface area contributed by atoms with Crippen LogP contribution in [-0.2, 0) is 11.2 Å². The molecule has 0 fully saturated rings. The summed E-state index contributed by atoms with van der Waals surface area (Å²) in [5.74, 6) is -0.0530. The largest absolute Gasteiger partial charge is 0.354 e. The van der Waals surface area contributed by atoms with Gasteiger partial charge < -0.3 is 11.1 Å². The molecule has 1 aromatic rings. The molecule has 0 saturated carbocycles. The minimum absolute atomic E-state index is 0.0530. The fourth-order valence-electron chi connectivity index (χ4n) is 1.08. The van der Waals surface area contributed by atoms with Crippen LogP contribution in [0.4, 0.5) is 0 Å². The highest BCUT2D eigenvalue weighted by molar-refractivity contribution is 7.07. The van der Waals surface area contributed by atoms with Crippen LogP contribution in [0.25, 0.3) is 0 Å². The minimum atomic E-state index is -0.363. The molecule has 3 nitrogen and oxygen atoms in total. The van der Waals surface area contributed by atoms with E-state index in [0.717, 1.165) is 6.42 Å². The number of hydrogen-bond acceptors (Lipinski definition) is 3. The summed E-state index contributed by atoms with van der Waals surface area (Å²) in [5.41, 5.74) is 6.83. The third-order valence-electron chi connectivity index (χ3n) is 2.07. The maximum absolute atomic E-state index is 11.3. The number of carbonyl (C=O) groups excluding carboxylic acids is 1. The summed E-state index contributed by atoms with van der Waals surface area (Å²) in [5, 5.41) is 6.94. The second kappa shape index (κ2) is 5.78. The van der Waals surface area contributed by atoms with Crippen molar-refractivity contribution in [2.45, 2.75) is 25.8 Å². The fraction of sp³-hybridized carbons (Fsp3) is 0.500. The first-order chi connectivity index (χ1) is 6.74. The molecule has 0 aliphatic carbocycles. The topological polar surface area (TPSA) is 55.1 Å². The monoisotopic (exact) mass is 212 g/mol. The van der Waals surface area contributed by atoms with Crippen LogP contribution in [0.5, 0.6) is 0 Å². The van der Waals surface area contributed by atoms with E-state index in [4.69, 9.17) is 5.73 Å². The molecule has 1 amide bonds. The number of nitrogens with one attached hydrogen (secondary N) is 1. The van der Waals surface area contributed by atoms with Gasteiger partial charge in [-0.2, -0.15) is 11.3 Å². The van der Waals surface area contributed by atoms with E-state index in [1.54, 1.807) is 11.3 Å². The average Bonchev–Trinajstić information content (AvgIpc) is 2.69. The molecule has 0 aromatic carbocycles. The van der Waals surface area contributed by atoms with E-state index in [9.17, 15) is 4.79 Å². The fourth-order valence-corrected chi connectivity index (χ4v) is 1.78. The van der Waals surface area contributed by atoms with Gasteiger partial charge in [-0.25, -0.2) is 0 Å². The minimum Gasteiger partial charge on any atom is -0.354 e. The Balaban J connectivity index is 2.18. The molecular formula is C10H16N2OS. The van der Waals surface area contributed by atoms with Gasteiger partial charge in [-0.05, 0) is 35.2 Å². The van der Waals surface area contributed by atoms with Crippen LogP contribution in [0.1, 0.15) is 18.9 Å². The summed E-state index contributed by atoms with van der Waals surface area (Å²) < 4.78 is 0. The van der Waals surface area contributed by atoms with E-state index >= 15 is 0 Å². The zero-order valence-corrected chi connectivity index (χ0v) is 9.14. The number of nitrogens with two attached hydrogens (primary N) is 1. The summed E-state index contributed by atoms with van der Waals surface area (Å²) in [4.78, 5) is 11.3. The number of carbonyl (C=O) groups is 1. The molecule has 0 aliphatic rings. The van der Waals surface area contributed by atoms with Crippen molar-refractivity contribution in [3.05, 3.63) is 22.4 Å². The Morgan fingerprint density at radius 2 is 2.50 bits per heavy atom. The molecular weight excluding hydrogens is 196 g/mol. The van der Waals surface area contributed by atoms with Crippen molar-refractivity contribution in [1.82, 2.24) is 5.32 Å². The molecule has 1 rings (SSSR count). The molecule has 78 valence electrons. The van der Waals surface area contributed by atoms with E-state index in [0.29, 0.717) is 13.0 Å². The Labute approximate surface area is 88.3 Å². The Kier molecular flexibility index (Phi) is 4.62. The summed E-state index contributed by atoms with van der Waals surface area (Å²) in [6.07, 6.45) is 1.57. The lowest BCUT2D eigenvalue weighted by Crippen LogP contribution is -2.40. The smallest absolute Gasteiger partial charge is 0.236 e. The van der Waals surface area contributed by atoms with Crippen LogP contribution < -0.4 is 11.1 Å². The van der Waals surface area contributed by atoms with E-state index in [1.807, 2.05) is 12.3 Å². The standard InChI is InChI=1S/C10H16N2OS/c1-2-9(11)10(13)12-5-3-8-4-6-14-7-8/h4,6-7,9H,2-3,5,11H2,1H3,(H,12,13)/t9-/m1/s1. The summed E-state index contributed by atoms with van der Waals surface area (Å²) >= 11 is 1.67.